The summed E-state index contributed by atoms with van der Waals surface area (Å²) in [6, 6.07) is 4.23. The SMILES string of the molecule is O=C(O)CCCCCCCCCc1nccc2ccsc12. The average molecular weight is 305 g/mol. The number of carbonyl (C=O) groups is 1. The molecule has 0 aliphatic heterocycles. The van der Waals surface area contributed by atoms with Crippen LogP contribution in [0.3, 0.4) is 0 Å². The number of pyridine rings is 1. The van der Waals surface area contributed by atoms with Crippen LogP contribution in [0.5, 0.6) is 0 Å². The Balaban J connectivity index is 1.56. The van der Waals surface area contributed by atoms with E-state index in [0.29, 0.717) is 6.42 Å². The van der Waals surface area contributed by atoms with Crippen molar-refractivity contribution in [2.45, 2.75) is 57.8 Å². The van der Waals surface area contributed by atoms with E-state index in [1.165, 1.54) is 41.5 Å². The molecule has 2 aromatic heterocycles. The minimum Gasteiger partial charge on any atom is -0.481 e. The number of nitrogens with zero attached hydrogens (tertiary/aromatic N) is 1. The molecule has 21 heavy (non-hydrogen) atoms. The van der Waals surface area contributed by atoms with Crippen LogP contribution in [0.1, 0.15) is 57.1 Å². The monoisotopic (exact) mass is 305 g/mol. The minimum absolute atomic E-state index is 0.316. The number of aryl methyl sites for hydroxylation is 1. The maximum absolute atomic E-state index is 10.4. The van der Waals surface area contributed by atoms with Gasteiger partial charge in [-0.1, -0.05) is 32.1 Å². The first-order valence-corrected chi connectivity index (χ1v) is 8.68. The van der Waals surface area contributed by atoms with Gasteiger partial charge in [0, 0.05) is 12.6 Å². The summed E-state index contributed by atoms with van der Waals surface area (Å²) in [7, 11) is 0. The zero-order chi connectivity index (χ0) is 14.9. The lowest BCUT2D eigenvalue weighted by molar-refractivity contribution is -0.137. The van der Waals surface area contributed by atoms with Crippen LogP contribution >= 0.6 is 11.3 Å². The van der Waals surface area contributed by atoms with Gasteiger partial charge in [0.05, 0.1) is 10.4 Å². The molecule has 2 rings (SSSR count). The Labute approximate surface area is 130 Å². The Hall–Kier alpha value is -1.42. The molecule has 0 saturated heterocycles. The van der Waals surface area contributed by atoms with E-state index in [0.717, 1.165) is 25.7 Å². The van der Waals surface area contributed by atoms with Crippen molar-refractivity contribution in [3.63, 3.8) is 0 Å². The van der Waals surface area contributed by atoms with Crippen LogP contribution in [0.4, 0.5) is 0 Å². The summed E-state index contributed by atoms with van der Waals surface area (Å²) in [4.78, 5) is 14.9. The molecule has 0 fully saturated rings. The lowest BCUT2D eigenvalue weighted by Gasteiger charge is -2.03. The summed E-state index contributed by atoms with van der Waals surface area (Å²) in [5.41, 5.74) is 1.24. The average Bonchev–Trinajstić information content (AvgIpc) is 2.94. The van der Waals surface area contributed by atoms with Gasteiger partial charge in [-0.25, -0.2) is 0 Å². The van der Waals surface area contributed by atoms with Crippen LogP contribution in [-0.2, 0) is 11.2 Å². The summed E-state index contributed by atoms with van der Waals surface area (Å²) in [5.74, 6) is -0.676. The molecule has 0 bridgehead atoms. The number of hydrogen-bond acceptors (Lipinski definition) is 3. The van der Waals surface area contributed by atoms with Crippen molar-refractivity contribution in [3.8, 4) is 0 Å². The normalized spacial score (nSPS) is 11.0. The third kappa shape index (κ3) is 5.46. The second-order valence-electron chi connectivity index (χ2n) is 5.47. The maximum Gasteiger partial charge on any atom is 0.303 e. The highest BCUT2D eigenvalue weighted by Gasteiger charge is 2.03. The van der Waals surface area contributed by atoms with Crippen LogP contribution in [0.15, 0.2) is 23.7 Å². The van der Waals surface area contributed by atoms with Crippen LogP contribution in [0.2, 0.25) is 0 Å². The predicted octanol–water partition coefficient (Wildman–Crippen LogP) is 5.04. The number of rotatable bonds is 10. The topological polar surface area (TPSA) is 50.2 Å². The Morgan fingerprint density at radius 1 is 1.05 bits per heavy atom. The molecular weight excluding hydrogens is 282 g/mol. The van der Waals surface area contributed by atoms with Gasteiger partial charge in [0.25, 0.3) is 0 Å². The number of carboxylic acids is 1. The summed E-state index contributed by atoms with van der Waals surface area (Å²) < 4.78 is 1.34. The van der Waals surface area contributed by atoms with E-state index >= 15 is 0 Å². The fourth-order valence-electron chi connectivity index (χ4n) is 2.58. The van der Waals surface area contributed by atoms with E-state index in [2.05, 4.69) is 22.5 Å². The summed E-state index contributed by atoms with van der Waals surface area (Å²) in [5, 5.41) is 12.0. The fourth-order valence-corrected chi connectivity index (χ4v) is 3.50. The molecule has 0 aliphatic rings. The summed E-state index contributed by atoms with van der Waals surface area (Å²) in [6.07, 6.45) is 11.2. The zero-order valence-electron chi connectivity index (χ0n) is 12.4. The molecule has 2 aromatic rings. The highest BCUT2D eigenvalue weighted by Crippen LogP contribution is 2.24. The summed E-state index contributed by atoms with van der Waals surface area (Å²) in [6.45, 7) is 0. The molecule has 0 amide bonds. The highest BCUT2D eigenvalue weighted by molar-refractivity contribution is 7.17. The lowest BCUT2D eigenvalue weighted by Crippen LogP contribution is -1.93. The molecule has 0 atom stereocenters. The Bertz CT molecular complexity index is 565. The standard InChI is InChI=1S/C17H23NO2S/c19-16(20)9-7-5-3-1-2-4-6-8-15-17-14(10-12-18-15)11-13-21-17/h10-13H,1-9H2,(H,19,20). The Kier molecular flexibility index (Phi) is 6.67. The molecule has 0 aromatic carbocycles. The molecule has 0 radical (unpaired) electrons. The minimum atomic E-state index is -0.676. The molecule has 0 aliphatic carbocycles. The van der Waals surface area contributed by atoms with E-state index in [9.17, 15) is 4.79 Å². The first kappa shape index (κ1) is 16.0. The van der Waals surface area contributed by atoms with E-state index in [-0.39, 0.29) is 0 Å². The summed E-state index contributed by atoms with van der Waals surface area (Å²) >= 11 is 1.78. The van der Waals surface area contributed by atoms with E-state index < -0.39 is 5.97 Å². The van der Waals surface area contributed by atoms with Gasteiger partial charge in [0.15, 0.2) is 0 Å². The number of fused-ring (bicyclic) bond motifs is 1. The highest BCUT2D eigenvalue weighted by atomic mass is 32.1. The molecule has 4 heteroatoms. The van der Waals surface area contributed by atoms with Gasteiger partial charge in [0.1, 0.15) is 0 Å². The molecule has 2 heterocycles. The molecular formula is C17H23NO2S. The van der Waals surface area contributed by atoms with Crippen LogP contribution in [0, 0.1) is 0 Å². The fraction of sp³-hybridized carbons (Fsp3) is 0.529. The predicted molar refractivity (Wildman–Crippen MR) is 87.9 cm³/mol. The second-order valence-corrected chi connectivity index (χ2v) is 6.38. The number of thiophene rings is 1. The van der Waals surface area contributed by atoms with Crippen molar-refractivity contribution in [3.05, 3.63) is 29.4 Å². The Morgan fingerprint density at radius 3 is 2.52 bits per heavy atom. The first-order chi connectivity index (χ1) is 10.3. The van der Waals surface area contributed by atoms with Crippen LogP contribution in [0.25, 0.3) is 10.1 Å². The lowest BCUT2D eigenvalue weighted by atomic mass is 10.1. The van der Waals surface area contributed by atoms with Crippen molar-refractivity contribution in [2.75, 3.05) is 0 Å². The third-order valence-corrected chi connectivity index (χ3v) is 4.73. The van der Waals surface area contributed by atoms with E-state index in [1.54, 1.807) is 11.3 Å². The third-order valence-electron chi connectivity index (χ3n) is 3.75. The smallest absolute Gasteiger partial charge is 0.303 e. The second kappa shape index (κ2) is 8.78. The van der Waals surface area contributed by atoms with Crippen LogP contribution in [-0.4, -0.2) is 16.1 Å². The molecule has 0 spiro atoms. The molecule has 1 N–H and O–H groups in total. The Morgan fingerprint density at radius 2 is 1.76 bits per heavy atom. The van der Waals surface area contributed by atoms with Gasteiger partial charge < -0.3 is 5.11 Å². The van der Waals surface area contributed by atoms with Gasteiger partial charge in [-0.2, -0.15) is 0 Å². The largest absolute Gasteiger partial charge is 0.481 e. The van der Waals surface area contributed by atoms with Crippen molar-refractivity contribution in [2.24, 2.45) is 0 Å². The van der Waals surface area contributed by atoms with E-state index in [4.69, 9.17) is 5.11 Å². The number of aromatic nitrogens is 1. The van der Waals surface area contributed by atoms with Crippen molar-refractivity contribution >= 4 is 27.4 Å². The van der Waals surface area contributed by atoms with Crippen molar-refractivity contribution in [1.29, 1.82) is 0 Å². The number of unbranched alkanes of at least 4 members (excludes halogenated alkanes) is 6. The van der Waals surface area contributed by atoms with Gasteiger partial charge >= 0.3 is 5.97 Å². The van der Waals surface area contributed by atoms with Gasteiger partial charge in [-0.05, 0) is 42.2 Å². The molecule has 0 unspecified atom stereocenters. The molecule has 114 valence electrons. The van der Waals surface area contributed by atoms with Gasteiger partial charge in [-0.15, -0.1) is 11.3 Å². The van der Waals surface area contributed by atoms with Gasteiger partial charge in [0.2, 0.25) is 0 Å². The van der Waals surface area contributed by atoms with E-state index in [1.807, 2.05) is 6.20 Å². The number of hydrogen-bond donors (Lipinski definition) is 1. The molecule has 0 saturated carbocycles. The zero-order valence-corrected chi connectivity index (χ0v) is 13.2. The maximum atomic E-state index is 10.4. The first-order valence-electron chi connectivity index (χ1n) is 7.80. The number of aliphatic carboxylic acids is 1. The van der Waals surface area contributed by atoms with Gasteiger partial charge in [-0.3, -0.25) is 9.78 Å². The number of carboxylic acid groups (broad SMARTS) is 1. The molecule has 3 nitrogen and oxygen atoms in total. The quantitative estimate of drug-likeness (QED) is 0.625. The van der Waals surface area contributed by atoms with Crippen LogP contribution < -0.4 is 0 Å². The van der Waals surface area contributed by atoms with Crippen molar-refractivity contribution < 1.29 is 9.90 Å². The van der Waals surface area contributed by atoms with Crippen molar-refractivity contribution in [1.82, 2.24) is 4.98 Å².